The second kappa shape index (κ2) is 6.61. The largest absolute Gasteiger partial charge is 0.480 e. The average Bonchev–Trinajstić information content (AvgIpc) is 2.94. The Morgan fingerprint density at radius 1 is 1.30 bits per heavy atom. The van der Waals surface area contributed by atoms with Gasteiger partial charge >= 0.3 is 5.97 Å². The second-order valence-corrected chi connectivity index (χ2v) is 6.78. The molecule has 0 spiro atoms. The number of rotatable bonds is 4. The molecule has 2 heterocycles. The van der Waals surface area contributed by atoms with E-state index in [1.54, 1.807) is 10.6 Å². The van der Waals surface area contributed by atoms with Crippen LogP contribution in [0.15, 0.2) is 30.6 Å². The number of carbonyl (C=O) groups is 1. The van der Waals surface area contributed by atoms with Crippen molar-refractivity contribution in [3.63, 3.8) is 0 Å². The van der Waals surface area contributed by atoms with Crippen LogP contribution in [0.25, 0.3) is 10.9 Å². The number of hydrogen-bond acceptors (Lipinski definition) is 4. The van der Waals surface area contributed by atoms with Crippen LogP contribution in [0.4, 0.5) is 14.7 Å². The SMILES string of the molecule is CN(c1ncc(F)cn1)[C@H]1CCc2c(c3cc(F)ccc3n2CC(=O)O)C1. The number of halogens is 2. The topological polar surface area (TPSA) is 71.2 Å². The highest BCUT2D eigenvalue weighted by Crippen LogP contribution is 2.34. The molecule has 27 heavy (non-hydrogen) atoms. The molecule has 0 saturated heterocycles. The summed E-state index contributed by atoms with van der Waals surface area (Å²) in [5.41, 5.74) is 2.61. The third-order valence-corrected chi connectivity index (χ3v) is 5.17. The zero-order chi connectivity index (χ0) is 19.1. The highest BCUT2D eigenvalue weighted by Gasteiger charge is 2.29. The first-order chi connectivity index (χ1) is 12.9. The third kappa shape index (κ3) is 3.11. The number of fused-ring (bicyclic) bond motifs is 3. The number of nitrogens with zero attached hydrogens (tertiary/aromatic N) is 4. The van der Waals surface area contributed by atoms with Crippen molar-refractivity contribution in [3.05, 3.63) is 53.5 Å². The van der Waals surface area contributed by atoms with Crippen molar-refractivity contribution in [3.8, 4) is 0 Å². The molecule has 1 N–H and O–H groups in total. The summed E-state index contributed by atoms with van der Waals surface area (Å²) in [6, 6.07) is 4.49. The first-order valence-electron chi connectivity index (χ1n) is 8.65. The Kier molecular flexibility index (Phi) is 4.25. The van der Waals surface area contributed by atoms with Crippen LogP contribution >= 0.6 is 0 Å². The van der Waals surface area contributed by atoms with Crippen LogP contribution in [0, 0.1) is 11.6 Å². The van der Waals surface area contributed by atoms with Crippen molar-refractivity contribution in [2.45, 2.75) is 31.8 Å². The van der Waals surface area contributed by atoms with E-state index >= 15 is 0 Å². The van der Waals surface area contributed by atoms with E-state index < -0.39 is 11.8 Å². The number of carboxylic acid groups (broad SMARTS) is 1. The predicted molar refractivity (Wildman–Crippen MR) is 95.7 cm³/mol. The Bertz CT molecular complexity index is 1020. The molecule has 1 aliphatic carbocycles. The molecule has 140 valence electrons. The molecule has 0 saturated carbocycles. The maximum atomic E-state index is 13.8. The fraction of sp³-hybridized carbons (Fsp3) is 0.316. The number of anilines is 1. The van der Waals surface area contributed by atoms with E-state index in [1.807, 2.05) is 11.9 Å². The molecule has 0 bridgehead atoms. The lowest BCUT2D eigenvalue weighted by atomic mass is 9.90. The molecular formula is C19H18F2N4O2. The highest BCUT2D eigenvalue weighted by atomic mass is 19.1. The minimum Gasteiger partial charge on any atom is -0.480 e. The Hall–Kier alpha value is -3.03. The van der Waals surface area contributed by atoms with Gasteiger partial charge in [0, 0.05) is 29.7 Å². The molecule has 8 heteroatoms. The quantitative estimate of drug-likeness (QED) is 0.763. The second-order valence-electron chi connectivity index (χ2n) is 6.78. The maximum Gasteiger partial charge on any atom is 0.323 e. The number of aliphatic carboxylic acids is 1. The van der Waals surface area contributed by atoms with Crippen LogP contribution in [-0.4, -0.2) is 38.7 Å². The van der Waals surface area contributed by atoms with E-state index in [9.17, 15) is 18.7 Å². The van der Waals surface area contributed by atoms with E-state index in [2.05, 4.69) is 9.97 Å². The van der Waals surface area contributed by atoms with E-state index in [0.717, 1.165) is 41.0 Å². The van der Waals surface area contributed by atoms with Gasteiger partial charge in [-0.1, -0.05) is 0 Å². The molecule has 1 aliphatic rings. The minimum absolute atomic E-state index is 0.0510. The van der Waals surface area contributed by atoms with Crippen LogP contribution in [0.2, 0.25) is 0 Å². The van der Waals surface area contributed by atoms with Crippen molar-refractivity contribution in [1.82, 2.24) is 14.5 Å². The fourth-order valence-corrected chi connectivity index (χ4v) is 3.90. The minimum atomic E-state index is -0.932. The normalized spacial score (nSPS) is 16.3. The first kappa shape index (κ1) is 17.4. The lowest BCUT2D eigenvalue weighted by molar-refractivity contribution is -0.137. The van der Waals surface area contributed by atoms with Gasteiger partial charge in [-0.2, -0.15) is 0 Å². The van der Waals surface area contributed by atoms with Crippen LogP contribution in [0.1, 0.15) is 17.7 Å². The summed E-state index contributed by atoms with van der Waals surface area (Å²) in [6.45, 7) is -0.154. The molecule has 0 aliphatic heterocycles. The van der Waals surface area contributed by atoms with Gasteiger partial charge < -0.3 is 14.6 Å². The van der Waals surface area contributed by atoms with Gasteiger partial charge in [0.15, 0.2) is 5.82 Å². The molecule has 3 aromatic rings. The zero-order valence-corrected chi connectivity index (χ0v) is 14.7. The van der Waals surface area contributed by atoms with Gasteiger partial charge in [-0.3, -0.25) is 4.79 Å². The molecule has 1 atom stereocenters. The summed E-state index contributed by atoms with van der Waals surface area (Å²) in [5.74, 6) is -1.36. The number of hydrogen-bond donors (Lipinski definition) is 1. The molecule has 2 aromatic heterocycles. The van der Waals surface area contributed by atoms with Crippen molar-refractivity contribution in [2.24, 2.45) is 0 Å². The summed E-state index contributed by atoms with van der Waals surface area (Å²) in [7, 11) is 1.85. The van der Waals surface area contributed by atoms with Crippen LogP contribution in [0.3, 0.4) is 0 Å². The summed E-state index contributed by atoms with van der Waals surface area (Å²) in [5, 5.41) is 10.0. The smallest absolute Gasteiger partial charge is 0.323 e. The summed E-state index contributed by atoms with van der Waals surface area (Å²) >= 11 is 0. The van der Waals surface area contributed by atoms with Crippen LogP contribution < -0.4 is 4.90 Å². The van der Waals surface area contributed by atoms with Crippen molar-refractivity contribution >= 4 is 22.8 Å². The molecule has 0 fully saturated rings. The van der Waals surface area contributed by atoms with Gasteiger partial charge in [0.25, 0.3) is 0 Å². The molecule has 0 unspecified atom stereocenters. The van der Waals surface area contributed by atoms with Gasteiger partial charge in [-0.05, 0) is 43.0 Å². The number of aromatic nitrogens is 3. The molecule has 1 aromatic carbocycles. The summed E-state index contributed by atoms with van der Waals surface area (Å²) in [6.07, 6.45) is 4.29. The Morgan fingerprint density at radius 2 is 2.04 bits per heavy atom. The molecule has 0 radical (unpaired) electrons. The third-order valence-electron chi connectivity index (χ3n) is 5.17. The predicted octanol–water partition coefficient (Wildman–Crippen LogP) is 2.79. The summed E-state index contributed by atoms with van der Waals surface area (Å²) in [4.78, 5) is 21.2. The number of likely N-dealkylation sites (N-methyl/N-ethyl adjacent to an activating group) is 1. The lowest BCUT2D eigenvalue weighted by Crippen LogP contribution is -2.37. The van der Waals surface area contributed by atoms with Crippen molar-refractivity contribution < 1.29 is 18.7 Å². The number of benzene rings is 1. The first-order valence-corrected chi connectivity index (χ1v) is 8.65. The standard InChI is InChI=1S/C19H18F2N4O2/c1-24(19-22-8-12(21)9-23-19)13-3-5-17-15(7-13)14-6-11(20)2-4-16(14)25(17)10-18(26)27/h2,4,6,8-9,13H,3,5,7,10H2,1H3,(H,26,27)/t13-/m0/s1. The molecule has 4 rings (SSSR count). The van der Waals surface area contributed by atoms with E-state index in [1.165, 1.54) is 12.1 Å². The van der Waals surface area contributed by atoms with Crippen LogP contribution in [-0.2, 0) is 24.2 Å². The van der Waals surface area contributed by atoms with E-state index in [0.29, 0.717) is 18.8 Å². The van der Waals surface area contributed by atoms with Crippen molar-refractivity contribution in [1.29, 1.82) is 0 Å². The summed E-state index contributed by atoms with van der Waals surface area (Å²) < 4.78 is 28.7. The van der Waals surface area contributed by atoms with Gasteiger partial charge in [0.05, 0.1) is 12.4 Å². The Labute approximate surface area is 154 Å². The monoisotopic (exact) mass is 372 g/mol. The lowest BCUT2D eigenvalue weighted by Gasteiger charge is -2.32. The van der Waals surface area contributed by atoms with Gasteiger partial charge in [0.2, 0.25) is 5.95 Å². The fourth-order valence-electron chi connectivity index (χ4n) is 3.90. The Morgan fingerprint density at radius 3 is 2.74 bits per heavy atom. The van der Waals surface area contributed by atoms with Crippen molar-refractivity contribution in [2.75, 3.05) is 11.9 Å². The van der Waals surface area contributed by atoms with Gasteiger partial charge in [0.1, 0.15) is 12.4 Å². The molecule has 6 nitrogen and oxygen atoms in total. The average molecular weight is 372 g/mol. The van der Waals surface area contributed by atoms with Gasteiger partial charge in [-0.25, -0.2) is 18.7 Å². The Balaban J connectivity index is 1.73. The van der Waals surface area contributed by atoms with Gasteiger partial charge in [-0.15, -0.1) is 0 Å². The highest BCUT2D eigenvalue weighted by molar-refractivity contribution is 5.87. The zero-order valence-electron chi connectivity index (χ0n) is 14.7. The van der Waals surface area contributed by atoms with E-state index in [4.69, 9.17) is 0 Å². The van der Waals surface area contributed by atoms with Crippen LogP contribution in [0.5, 0.6) is 0 Å². The molecular weight excluding hydrogens is 354 g/mol. The van der Waals surface area contributed by atoms with E-state index in [-0.39, 0.29) is 18.4 Å². The maximum absolute atomic E-state index is 13.8. The number of carboxylic acids is 1. The molecule has 0 amide bonds.